The lowest BCUT2D eigenvalue weighted by Crippen LogP contribution is -2.01. The van der Waals surface area contributed by atoms with Gasteiger partial charge < -0.3 is 9.84 Å². The standard InChI is InChI=1S/C13H13FO3/c1-2-17-13(16)5-3-4-10-8-12(14)7-6-11(10)9-15/h6-8,15H,2,5,9H2,1H3. The molecule has 0 spiro atoms. The number of hydrogen-bond donors (Lipinski definition) is 1. The normalized spacial score (nSPS) is 9.35. The summed E-state index contributed by atoms with van der Waals surface area (Å²) in [6, 6.07) is 3.94. The third-order valence-electron chi connectivity index (χ3n) is 2.00. The molecule has 90 valence electrons. The van der Waals surface area contributed by atoms with Crippen LogP contribution in [0.25, 0.3) is 0 Å². The smallest absolute Gasteiger partial charge is 0.317 e. The number of rotatable bonds is 3. The summed E-state index contributed by atoms with van der Waals surface area (Å²) in [5.41, 5.74) is 0.916. The Labute approximate surface area is 99.2 Å². The Hall–Kier alpha value is -1.86. The molecule has 0 radical (unpaired) electrons. The second-order valence-corrected chi connectivity index (χ2v) is 3.24. The Kier molecular flexibility index (Phi) is 5.18. The number of aliphatic hydroxyl groups excluding tert-OH is 1. The van der Waals surface area contributed by atoms with Gasteiger partial charge in [0.05, 0.1) is 13.2 Å². The minimum Gasteiger partial charge on any atom is -0.465 e. The van der Waals surface area contributed by atoms with E-state index in [2.05, 4.69) is 11.8 Å². The van der Waals surface area contributed by atoms with Crippen molar-refractivity contribution < 1.29 is 19.0 Å². The van der Waals surface area contributed by atoms with Crippen molar-refractivity contribution >= 4 is 5.97 Å². The van der Waals surface area contributed by atoms with Crippen LogP contribution < -0.4 is 0 Å². The first-order valence-electron chi connectivity index (χ1n) is 5.21. The molecule has 0 aromatic heterocycles. The summed E-state index contributed by atoms with van der Waals surface area (Å²) >= 11 is 0. The molecule has 0 bridgehead atoms. The average molecular weight is 236 g/mol. The Morgan fingerprint density at radius 3 is 2.94 bits per heavy atom. The SMILES string of the molecule is CCOC(=O)CC#Cc1cc(F)ccc1CO. The molecule has 0 saturated heterocycles. The topological polar surface area (TPSA) is 46.5 Å². The first-order valence-corrected chi connectivity index (χ1v) is 5.21. The molecule has 0 aliphatic heterocycles. The molecule has 4 heteroatoms. The first-order chi connectivity index (χ1) is 8.17. The van der Waals surface area contributed by atoms with Crippen molar-refractivity contribution in [3.05, 3.63) is 35.1 Å². The zero-order chi connectivity index (χ0) is 12.7. The molecular formula is C13H13FO3. The largest absolute Gasteiger partial charge is 0.465 e. The van der Waals surface area contributed by atoms with E-state index < -0.39 is 11.8 Å². The van der Waals surface area contributed by atoms with Gasteiger partial charge in [-0.05, 0) is 24.6 Å². The summed E-state index contributed by atoms with van der Waals surface area (Å²) in [5, 5.41) is 9.02. The summed E-state index contributed by atoms with van der Waals surface area (Å²) in [6.07, 6.45) is -0.0464. The molecule has 0 amide bonds. The minimum atomic E-state index is -0.428. The number of ether oxygens (including phenoxy) is 1. The van der Waals surface area contributed by atoms with E-state index in [1.54, 1.807) is 6.92 Å². The van der Waals surface area contributed by atoms with Crippen LogP contribution in [0.1, 0.15) is 24.5 Å². The Bertz CT molecular complexity index is 457. The van der Waals surface area contributed by atoms with Crippen molar-refractivity contribution in [1.82, 2.24) is 0 Å². The van der Waals surface area contributed by atoms with Crippen LogP contribution in [0.4, 0.5) is 4.39 Å². The van der Waals surface area contributed by atoms with Crippen molar-refractivity contribution in [1.29, 1.82) is 0 Å². The highest BCUT2D eigenvalue weighted by atomic mass is 19.1. The minimum absolute atomic E-state index is 0.0464. The van der Waals surface area contributed by atoms with Gasteiger partial charge in [0.2, 0.25) is 0 Å². The molecule has 17 heavy (non-hydrogen) atoms. The van der Waals surface area contributed by atoms with E-state index in [-0.39, 0.29) is 13.0 Å². The van der Waals surface area contributed by atoms with Gasteiger partial charge in [0.15, 0.2) is 0 Å². The van der Waals surface area contributed by atoms with Crippen LogP contribution in [0.3, 0.4) is 0 Å². The van der Waals surface area contributed by atoms with E-state index in [4.69, 9.17) is 9.84 Å². The number of benzene rings is 1. The average Bonchev–Trinajstić information content (AvgIpc) is 2.30. The van der Waals surface area contributed by atoms with Crippen LogP contribution in [0, 0.1) is 17.7 Å². The fourth-order valence-electron chi connectivity index (χ4n) is 1.23. The Balaban J connectivity index is 2.77. The Morgan fingerprint density at radius 1 is 1.53 bits per heavy atom. The van der Waals surface area contributed by atoms with Crippen molar-refractivity contribution in [3.63, 3.8) is 0 Å². The molecule has 1 aromatic rings. The maximum Gasteiger partial charge on any atom is 0.317 e. The lowest BCUT2D eigenvalue weighted by molar-refractivity contribution is -0.141. The monoisotopic (exact) mass is 236 g/mol. The predicted octanol–water partition coefficient (Wildman–Crippen LogP) is 1.62. The number of carbonyl (C=O) groups is 1. The predicted molar refractivity (Wildman–Crippen MR) is 60.5 cm³/mol. The number of carbonyl (C=O) groups excluding carboxylic acids is 1. The van der Waals surface area contributed by atoms with Gasteiger partial charge in [0.25, 0.3) is 0 Å². The van der Waals surface area contributed by atoms with Crippen molar-refractivity contribution in [3.8, 4) is 11.8 Å². The van der Waals surface area contributed by atoms with Crippen LogP contribution in [0.15, 0.2) is 18.2 Å². The molecule has 0 aliphatic rings. The third kappa shape index (κ3) is 4.25. The van der Waals surface area contributed by atoms with Gasteiger partial charge in [-0.3, -0.25) is 4.79 Å². The van der Waals surface area contributed by atoms with Crippen LogP contribution in [0.2, 0.25) is 0 Å². The molecule has 0 unspecified atom stereocenters. The molecule has 0 fully saturated rings. The van der Waals surface area contributed by atoms with Gasteiger partial charge in [-0.1, -0.05) is 17.9 Å². The molecule has 0 aliphatic carbocycles. The van der Waals surface area contributed by atoms with E-state index in [9.17, 15) is 9.18 Å². The lowest BCUT2D eigenvalue weighted by atomic mass is 10.1. The molecule has 0 atom stereocenters. The highest BCUT2D eigenvalue weighted by Gasteiger charge is 2.01. The number of halogens is 1. The molecule has 0 saturated carbocycles. The zero-order valence-electron chi connectivity index (χ0n) is 9.50. The fourth-order valence-corrected chi connectivity index (χ4v) is 1.23. The summed E-state index contributed by atoms with van der Waals surface area (Å²) in [4.78, 5) is 11.0. The summed E-state index contributed by atoms with van der Waals surface area (Å²) in [6.45, 7) is 1.80. The van der Waals surface area contributed by atoms with Gasteiger partial charge in [0.1, 0.15) is 12.2 Å². The van der Waals surface area contributed by atoms with E-state index in [0.717, 1.165) is 0 Å². The number of esters is 1. The van der Waals surface area contributed by atoms with Crippen LogP contribution in [-0.2, 0) is 16.1 Å². The first kappa shape index (κ1) is 13.2. The fraction of sp³-hybridized carbons (Fsp3) is 0.308. The molecule has 1 N–H and O–H groups in total. The van der Waals surface area contributed by atoms with Gasteiger partial charge in [0, 0.05) is 5.56 Å². The van der Waals surface area contributed by atoms with E-state index in [1.807, 2.05) is 0 Å². The molecule has 1 aromatic carbocycles. The number of aliphatic hydroxyl groups is 1. The maximum absolute atomic E-state index is 12.9. The van der Waals surface area contributed by atoms with E-state index >= 15 is 0 Å². The third-order valence-corrected chi connectivity index (χ3v) is 2.00. The zero-order valence-corrected chi connectivity index (χ0v) is 9.50. The van der Waals surface area contributed by atoms with Crippen molar-refractivity contribution in [2.75, 3.05) is 6.61 Å². The number of hydrogen-bond acceptors (Lipinski definition) is 3. The summed E-state index contributed by atoms with van der Waals surface area (Å²) < 4.78 is 17.6. The summed E-state index contributed by atoms with van der Waals surface area (Å²) in [7, 11) is 0. The second kappa shape index (κ2) is 6.66. The van der Waals surface area contributed by atoms with Crippen LogP contribution in [0.5, 0.6) is 0 Å². The van der Waals surface area contributed by atoms with Gasteiger partial charge >= 0.3 is 5.97 Å². The lowest BCUT2D eigenvalue weighted by Gasteiger charge is -2.00. The molecule has 0 heterocycles. The second-order valence-electron chi connectivity index (χ2n) is 3.24. The van der Waals surface area contributed by atoms with E-state index in [0.29, 0.717) is 17.7 Å². The highest BCUT2D eigenvalue weighted by molar-refractivity contribution is 5.72. The van der Waals surface area contributed by atoms with Gasteiger partial charge in [-0.25, -0.2) is 4.39 Å². The van der Waals surface area contributed by atoms with Gasteiger partial charge in [-0.2, -0.15) is 0 Å². The molecular weight excluding hydrogens is 223 g/mol. The van der Waals surface area contributed by atoms with Crippen LogP contribution in [-0.4, -0.2) is 17.7 Å². The quantitative estimate of drug-likeness (QED) is 0.640. The van der Waals surface area contributed by atoms with Crippen molar-refractivity contribution in [2.45, 2.75) is 20.0 Å². The maximum atomic E-state index is 12.9. The highest BCUT2D eigenvalue weighted by Crippen LogP contribution is 2.10. The Morgan fingerprint density at radius 2 is 2.29 bits per heavy atom. The molecule has 3 nitrogen and oxygen atoms in total. The van der Waals surface area contributed by atoms with Gasteiger partial charge in [-0.15, -0.1) is 0 Å². The summed E-state index contributed by atoms with van der Waals surface area (Å²) in [5.74, 6) is 4.39. The van der Waals surface area contributed by atoms with Crippen LogP contribution >= 0.6 is 0 Å². The van der Waals surface area contributed by atoms with E-state index in [1.165, 1.54) is 18.2 Å². The molecule has 1 rings (SSSR count). The van der Waals surface area contributed by atoms with Crippen molar-refractivity contribution in [2.24, 2.45) is 0 Å².